The molecule has 0 radical (unpaired) electrons. The average molecular weight is 241 g/mol. The first-order valence-electron chi connectivity index (χ1n) is 6.68. The van der Waals surface area contributed by atoms with Gasteiger partial charge in [-0.1, -0.05) is 31.9 Å². The van der Waals surface area contributed by atoms with Crippen LogP contribution in [0.5, 0.6) is 0 Å². The van der Waals surface area contributed by atoms with Crippen molar-refractivity contribution in [3.05, 3.63) is 12.2 Å². The molecule has 0 bridgehead atoms. The molecule has 0 aliphatic rings. The summed E-state index contributed by atoms with van der Waals surface area (Å²) in [5, 5.41) is 2.95. The number of unbranched alkanes of at least 4 members (excludes halogenated alkanes) is 2. The number of quaternary nitrogens is 1. The van der Waals surface area contributed by atoms with E-state index in [2.05, 4.69) is 45.5 Å². The van der Waals surface area contributed by atoms with Gasteiger partial charge < -0.3 is 9.80 Å². The SMILES string of the molecule is CCCC/C=C/CCC(=O)NCC[N+](C)(C)C. The second-order valence-corrected chi connectivity index (χ2v) is 5.52. The molecule has 0 atom stereocenters. The predicted octanol–water partition coefficient (Wildman–Crippen LogP) is 2.34. The molecule has 1 N–H and O–H groups in total. The van der Waals surface area contributed by atoms with Crippen molar-refractivity contribution in [2.24, 2.45) is 0 Å². The van der Waals surface area contributed by atoms with E-state index in [0.29, 0.717) is 6.42 Å². The Bertz CT molecular complexity index is 229. The van der Waals surface area contributed by atoms with Crippen LogP contribution >= 0.6 is 0 Å². The molecule has 3 heteroatoms. The number of nitrogens with zero attached hydrogens (tertiary/aromatic N) is 1. The van der Waals surface area contributed by atoms with Gasteiger partial charge in [0.15, 0.2) is 0 Å². The van der Waals surface area contributed by atoms with Gasteiger partial charge in [0, 0.05) is 6.42 Å². The zero-order valence-corrected chi connectivity index (χ0v) is 12.0. The molecule has 0 heterocycles. The van der Waals surface area contributed by atoms with Crippen LogP contribution in [0.25, 0.3) is 0 Å². The molecule has 0 aromatic heterocycles. The lowest BCUT2D eigenvalue weighted by Gasteiger charge is -2.23. The molecule has 0 aliphatic heterocycles. The minimum Gasteiger partial charge on any atom is -0.350 e. The molecular formula is C14H29N2O+. The molecule has 0 rings (SSSR count). The highest BCUT2D eigenvalue weighted by molar-refractivity contribution is 5.75. The van der Waals surface area contributed by atoms with Crippen LogP contribution in [-0.2, 0) is 4.79 Å². The van der Waals surface area contributed by atoms with Crippen LogP contribution in [-0.4, -0.2) is 44.6 Å². The van der Waals surface area contributed by atoms with E-state index in [0.717, 1.165) is 30.4 Å². The highest BCUT2D eigenvalue weighted by Crippen LogP contribution is 1.98. The lowest BCUT2D eigenvalue weighted by molar-refractivity contribution is -0.869. The van der Waals surface area contributed by atoms with E-state index in [9.17, 15) is 4.79 Å². The maximum absolute atomic E-state index is 11.5. The molecule has 1 amide bonds. The number of hydrogen-bond donors (Lipinski definition) is 1. The summed E-state index contributed by atoms with van der Waals surface area (Å²) in [4.78, 5) is 11.5. The van der Waals surface area contributed by atoms with Crippen molar-refractivity contribution in [2.45, 2.75) is 39.0 Å². The summed E-state index contributed by atoms with van der Waals surface area (Å²) < 4.78 is 0.886. The van der Waals surface area contributed by atoms with E-state index in [1.807, 2.05) is 0 Å². The second kappa shape index (κ2) is 9.23. The number of amides is 1. The van der Waals surface area contributed by atoms with Gasteiger partial charge in [0.2, 0.25) is 5.91 Å². The summed E-state index contributed by atoms with van der Waals surface area (Å²) in [5.74, 6) is 0.165. The van der Waals surface area contributed by atoms with Gasteiger partial charge in [0.1, 0.15) is 0 Å². The molecule has 0 aromatic carbocycles. The van der Waals surface area contributed by atoms with E-state index in [-0.39, 0.29) is 5.91 Å². The van der Waals surface area contributed by atoms with Crippen molar-refractivity contribution >= 4 is 5.91 Å². The van der Waals surface area contributed by atoms with Crippen LogP contribution in [0.1, 0.15) is 39.0 Å². The summed E-state index contributed by atoms with van der Waals surface area (Å²) in [6.07, 6.45) is 9.39. The summed E-state index contributed by atoms with van der Waals surface area (Å²) in [7, 11) is 6.38. The van der Waals surface area contributed by atoms with Crippen molar-refractivity contribution in [1.82, 2.24) is 5.32 Å². The minimum absolute atomic E-state index is 0.165. The van der Waals surface area contributed by atoms with Crippen molar-refractivity contribution in [1.29, 1.82) is 0 Å². The number of carbonyl (C=O) groups excluding carboxylic acids is 1. The molecule has 0 unspecified atom stereocenters. The number of nitrogens with one attached hydrogen (secondary N) is 1. The molecule has 17 heavy (non-hydrogen) atoms. The largest absolute Gasteiger partial charge is 0.350 e. The van der Waals surface area contributed by atoms with Gasteiger partial charge >= 0.3 is 0 Å². The number of likely N-dealkylation sites (N-methyl/N-ethyl adjacent to an activating group) is 1. The summed E-state index contributed by atoms with van der Waals surface area (Å²) in [6.45, 7) is 3.93. The van der Waals surface area contributed by atoms with Gasteiger partial charge in [-0.15, -0.1) is 0 Å². The van der Waals surface area contributed by atoms with Crippen molar-refractivity contribution in [3.8, 4) is 0 Å². The average Bonchev–Trinajstić information content (AvgIpc) is 2.21. The van der Waals surface area contributed by atoms with Crippen LogP contribution in [0.4, 0.5) is 0 Å². The Labute approximate surface area is 106 Å². The summed E-state index contributed by atoms with van der Waals surface area (Å²) in [5.41, 5.74) is 0. The molecule has 0 fully saturated rings. The fourth-order valence-corrected chi connectivity index (χ4v) is 1.39. The molecule has 0 aliphatic carbocycles. The Morgan fingerprint density at radius 1 is 1.18 bits per heavy atom. The predicted molar refractivity (Wildman–Crippen MR) is 73.8 cm³/mol. The number of carbonyl (C=O) groups is 1. The number of rotatable bonds is 9. The molecule has 0 saturated carbocycles. The topological polar surface area (TPSA) is 29.1 Å². The Hall–Kier alpha value is -0.830. The Kier molecular flexibility index (Phi) is 8.78. The van der Waals surface area contributed by atoms with Crippen LogP contribution < -0.4 is 5.32 Å². The van der Waals surface area contributed by atoms with Crippen molar-refractivity contribution in [2.75, 3.05) is 34.2 Å². The quantitative estimate of drug-likeness (QED) is 0.375. The molecule has 0 aromatic rings. The first-order valence-corrected chi connectivity index (χ1v) is 6.68. The third-order valence-corrected chi connectivity index (χ3v) is 2.53. The number of hydrogen-bond acceptors (Lipinski definition) is 1. The lowest BCUT2D eigenvalue weighted by atomic mass is 10.2. The van der Waals surface area contributed by atoms with Gasteiger partial charge in [-0.05, 0) is 12.8 Å². The first kappa shape index (κ1) is 16.2. The maximum Gasteiger partial charge on any atom is 0.220 e. The van der Waals surface area contributed by atoms with Crippen LogP contribution in [0.3, 0.4) is 0 Å². The minimum atomic E-state index is 0.165. The Morgan fingerprint density at radius 3 is 2.41 bits per heavy atom. The fraction of sp³-hybridized carbons (Fsp3) is 0.786. The van der Waals surface area contributed by atoms with Crippen molar-refractivity contribution < 1.29 is 9.28 Å². The molecular weight excluding hydrogens is 212 g/mol. The molecule has 0 spiro atoms. The zero-order valence-electron chi connectivity index (χ0n) is 12.0. The number of allylic oxidation sites excluding steroid dienone is 2. The van der Waals surface area contributed by atoms with Gasteiger partial charge in [-0.2, -0.15) is 0 Å². The maximum atomic E-state index is 11.5. The molecule has 3 nitrogen and oxygen atoms in total. The monoisotopic (exact) mass is 241 g/mol. The molecule has 100 valence electrons. The third kappa shape index (κ3) is 13.1. The van der Waals surface area contributed by atoms with Gasteiger partial charge in [0.05, 0.1) is 34.2 Å². The highest BCUT2D eigenvalue weighted by atomic mass is 16.1. The normalized spacial score (nSPS) is 12.0. The van der Waals surface area contributed by atoms with E-state index in [1.54, 1.807) is 0 Å². The Balaban J connectivity index is 3.44. The Morgan fingerprint density at radius 2 is 1.82 bits per heavy atom. The van der Waals surface area contributed by atoms with E-state index in [1.165, 1.54) is 12.8 Å². The van der Waals surface area contributed by atoms with Crippen LogP contribution in [0.15, 0.2) is 12.2 Å². The zero-order chi connectivity index (χ0) is 13.1. The van der Waals surface area contributed by atoms with Gasteiger partial charge in [0.25, 0.3) is 0 Å². The van der Waals surface area contributed by atoms with Crippen LogP contribution in [0, 0.1) is 0 Å². The third-order valence-electron chi connectivity index (χ3n) is 2.53. The second-order valence-electron chi connectivity index (χ2n) is 5.52. The fourth-order valence-electron chi connectivity index (χ4n) is 1.39. The van der Waals surface area contributed by atoms with E-state index in [4.69, 9.17) is 0 Å². The first-order chi connectivity index (χ1) is 7.95. The summed E-state index contributed by atoms with van der Waals surface area (Å²) in [6, 6.07) is 0. The van der Waals surface area contributed by atoms with Crippen LogP contribution in [0.2, 0.25) is 0 Å². The van der Waals surface area contributed by atoms with Gasteiger partial charge in [-0.25, -0.2) is 0 Å². The lowest BCUT2D eigenvalue weighted by Crippen LogP contribution is -2.41. The van der Waals surface area contributed by atoms with Crippen molar-refractivity contribution in [3.63, 3.8) is 0 Å². The summed E-state index contributed by atoms with van der Waals surface area (Å²) >= 11 is 0. The van der Waals surface area contributed by atoms with E-state index < -0.39 is 0 Å². The van der Waals surface area contributed by atoms with E-state index >= 15 is 0 Å². The highest BCUT2D eigenvalue weighted by Gasteiger charge is 2.06. The standard InChI is InChI=1S/C14H28N2O/c1-5-6-7-8-9-10-11-14(17)15-12-13-16(2,3)4/h8-9H,5-7,10-13H2,1-4H3/p+1/b9-8+. The molecule has 0 saturated heterocycles. The smallest absolute Gasteiger partial charge is 0.220 e. The van der Waals surface area contributed by atoms with Gasteiger partial charge in [-0.3, -0.25) is 4.79 Å².